The van der Waals surface area contributed by atoms with Crippen molar-refractivity contribution in [3.63, 3.8) is 0 Å². The van der Waals surface area contributed by atoms with Crippen molar-refractivity contribution in [2.45, 2.75) is 30.0 Å². The molecule has 100 valence electrons. The lowest BCUT2D eigenvalue weighted by molar-refractivity contribution is 0.685. The Balaban J connectivity index is 2.09. The van der Waals surface area contributed by atoms with E-state index in [9.17, 15) is 0 Å². The summed E-state index contributed by atoms with van der Waals surface area (Å²) in [5.74, 6) is 0.935. The van der Waals surface area contributed by atoms with Crippen LogP contribution in [0.3, 0.4) is 0 Å². The average Bonchev–Trinajstić information content (AvgIpc) is 2.46. The molecule has 0 amide bonds. The van der Waals surface area contributed by atoms with E-state index in [4.69, 9.17) is 17.3 Å². The second-order valence-corrected chi connectivity index (χ2v) is 5.92. The molecular formula is C16H18ClNS. The molecule has 19 heavy (non-hydrogen) atoms. The van der Waals surface area contributed by atoms with Gasteiger partial charge in [-0.2, -0.15) is 0 Å². The molecule has 0 aromatic heterocycles. The minimum absolute atomic E-state index is 0.119. The molecule has 0 bridgehead atoms. The smallest absolute Gasteiger partial charge is 0.0406 e. The topological polar surface area (TPSA) is 26.0 Å². The Bertz CT molecular complexity index is 525. The summed E-state index contributed by atoms with van der Waals surface area (Å²) in [7, 11) is 0. The van der Waals surface area contributed by atoms with Gasteiger partial charge in [-0.15, -0.1) is 11.8 Å². The molecule has 3 heteroatoms. The molecule has 0 heterocycles. The van der Waals surface area contributed by atoms with Crippen LogP contribution in [-0.2, 0) is 5.75 Å². The second kappa shape index (κ2) is 6.99. The molecule has 0 radical (unpaired) electrons. The van der Waals surface area contributed by atoms with Gasteiger partial charge in [0, 0.05) is 21.7 Å². The predicted octanol–water partition coefficient (Wildman–Crippen LogP) is 5.04. The number of halogens is 1. The third-order valence-corrected chi connectivity index (χ3v) is 4.48. The summed E-state index contributed by atoms with van der Waals surface area (Å²) in [6.07, 6.45) is 0.957. The Morgan fingerprint density at radius 2 is 1.79 bits per heavy atom. The first kappa shape index (κ1) is 14.4. The highest BCUT2D eigenvalue weighted by Gasteiger charge is 2.09. The van der Waals surface area contributed by atoms with Crippen LogP contribution in [0.2, 0.25) is 5.02 Å². The number of nitrogens with two attached hydrogens (primary N) is 1. The van der Waals surface area contributed by atoms with Gasteiger partial charge in [0.1, 0.15) is 0 Å². The Morgan fingerprint density at radius 1 is 1.11 bits per heavy atom. The quantitative estimate of drug-likeness (QED) is 0.781. The first-order valence-electron chi connectivity index (χ1n) is 6.42. The highest BCUT2D eigenvalue weighted by atomic mass is 35.5. The minimum Gasteiger partial charge on any atom is -0.324 e. The van der Waals surface area contributed by atoms with E-state index in [0.29, 0.717) is 0 Å². The zero-order valence-electron chi connectivity index (χ0n) is 11.0. The van der Waals surface area contributed by atoms with E-state index in [1.165, 1.54) is 16.0 Å². The number of hydrogen-bond acceptors (Lipinski definition) is 2. The Hall–Kier alpha value is -0.960. The summed E-state index contributed by atoms with van der Waals surface area (Å²) < 4.78 is 0. The van der Waals surface area contributed by atoms with Crippen molar-refractivity contribution >= 4 is 23.4 Å². The molecular weight excluding hydrogens is 274 g/mol. The van der Waals surface area contributed by atoms with Crippen LogP contribution in [0, 0.1) is 0 Å². The van der Waals surface area contributed by atoms with E-state index in [-0.39, 0.29) is 6.04 Å². The first-order valence-corrected chi connectivity index (χ1v) is 7.78. The van der Waals surface area contributed by atoms with Gasteiger partial charge in [0.05, 0.1) is 0 Å². The largest absolute Gasteiger partial charge is 0.324 e. The van der Waals surface area contributed by atoms with Gasteiger partial charge in [-0.3, -0.25) is 0 Å². The van der Waals surface area contributed by atoms with Crippen LogP contribution in [0.25, 0.3) is 0 Å². The molecule has 0 spiro atoms. The Labute approximate surface area is 124 Å². The molecule has 1 atom stereocenters. The van der Waals surface area contributed by atoms with E-state index in [2.05, 4.69) is 43.3 Å². The highest BCUT2D eigenvalue weighted by Crippen LogP contribution is 2.30. The summed E-state index contributed by atoms with van der Waals surface area (Å²) in [4.78, 5) is 1.27. The SMILES string of the molecule is CC[C@@H](N)c1ccccc1SCc1ccc(Cl)cc1. The monoisotopic (exact) mass is 291 g/mol. The van der Waals surface area contributed by atoms with Crippen molar-refractivity contribution in [2.24, 2.45) is 5.73 Å². The average molecular weight is 292 g/mol. The molecule has 2 aromatic rings. The van der Waals surface area contributed by atoms with Crippen molar-refractivity contribution in [3.8, 4) is 0 Å². The van der Waals surface area contributed by atoms with Gasteiger partial charge in [0.25, 0.3) is 0 Å². The lowest BCUT2D eigenvalue weighted by atomic mass is 10.1. The number of hydrogen-bond donors (Lipinski definition) is 1. The van der Waals surface area contributed by atoms with E-state index in [1.54, 1.807) is 0 Å². The fourth-order valence-corrected chi connectivity index (χ4v) is 3.08. The standard InChI is InChI=1S/C16H18ClNS/c1-2-15(18)14-5-3-4-6-16(14)19-11-12-7-9-13(17)10-8-12/h3-10,15H,2,11,18H2,1H3/t15-/m1/s1. The number of benzene rings is 2. The molecule has 0 saturated heterocycles. The van der Waals surface area contributed by atoms with Crippen LogP contribution >= 0.6 is 23.4 Å². The zero-order chi connectivity index (χ0) is 13.7. The minimum atomic E-state index is 0.119. The van der Waals surface area contributed by atoms with Crippen LogP contribution in [0.15, 0.2) is 53.4 Å². The van der Waals surface area contributed by atoms with Crippen molar-refractivity contribution in [1.29, 1.82) is 0 Å². The third-order valence-electron chi connectivity index (χ3n) is 3.07. The predicted molar refractivity (Wildman–Crippen MR) is 84.7 cm³/mol. The second-order valence-electron chi connectivity index (χ2n) is 4.47. The maximum atomic E-state index is 6.15. The van der Waals surface area contributed by atoms with Crippen molar-refractivity contribution in [1.82, 2.24) is 0 Å². The summed E-state index contributed by atoms with van der Waals surface area (Å²) >= 11 is 7.72. The van der Waals surface area contributed by atoms with Gasteiger partial charge in [0.15, 0.2) is 0 Å². The lowest BCUT2D eigenvalue weighted by Crippen LogP contribution is -2.09. The van der Waals surface area contributed by atoms with Crippen molar-refractivity contribution in [2.75, 3.05) is 0 Å². The van der Waals surface area contributed by atoms with Crippen LogP contribution in [-0.4, -0.2) is 0 Å². The number of rotatable bonds is 5. The molecule has 0 unspecified atom stereocenters. The van der Waals surface area contributed by atoms with E-state index in [0.717, 1.165) is 17.2 Å². The Morgan fingerprint density at radius 3 is 2.47 bits per heavy atom. The highest BCUT2D eigenvalue weighted by molar-refractivity contribution is 7.98. The van der Waals surface area contributed by atoms with Gasteiger partial charge < -0.3 is 5.73 Å². The molecule has 0 fully saturated rings. The van der Waals surface area contributed by atoms with Gasteiger partial charge in [-0.05, 0) is 35.7 Å². The van der Waals surface area contributed by atoms with Crippen LogP contribution in [0.1, 0.15) is 30.5 Å². The van der Waals surface area contributed by atoms with Crippen LogP contribution in [0.4, 0.5) is 0 Å². The van der Waals surface area contributed by atoms with Gasteiger partial charge in [-0.25, -0.2) is 0 Å². The van der Waals surface area contributed by atoms with E-state index < -0.39 is 0 Å². The van der Waals surface area contributed by atoms with Gasteiger partial charge in [0.2, 0.25) is 0 Å². The molecule has 2 N–H and O–H groups in total. The third kappa shape index (κ3) is 4.00. The fourth-order valence-electron chi connectivity index (χ4n) is 1.88. The first-order chi connectivity index (χ1) is 9.20. The summed E-state index contributed by atoms with van der Waals surface area (Å²) in [5.41, 5.74) is 8.67. The van der Waals surface area contributed by atoms with Crippen molar-refractivity contribution in [3.05, 3.63) is 64.7 Å². The zero-order valence-corrected chi connectivity index (χ0v) is 12.5. The van der Waals surface area contributed by atoms with E-state index >= 15 is 0 Å². The summed E-state index contributed by atoms with van der Waals surface area (Å²) in [5, 5.41) is 0.780. The molecule has 2 aromatic carbocycles. The lowest BCUT2D eigenvalue weighted by Gasteiger charge is -2.14. The van der Waals surface area contributed by atoms with Crippen LogP contribution < -0.4 is 5.73 Å². The van der Waals surface area contributed by atoms with Gasteiger partial charge in [-0.1, -0.05) is 48.9 Å². The van der Waals surface area contributed by atoms with Crippen LogP contribution in [0.5, 0.6) is 0 Å². The van der Waals surface area contributed by atoms with E-state index in [1.807, 2.05) is 23.9 Å². The molecule has 1 nitrogen and oxygen atoms in total. The fraction of sp³-hybridized carbons (Fsp3) is 0.250. The summed E-state index contributed by atoms with van der Waals surface area (Å²) in [6, 6.07) is 16.5. The molecule has 0 saturated carbocycles. The molecule has 0 aliphatic rings. The van der Waals surface area contributed by atoms with Gasteiger partial charge >= 0.3 is 0 Å². The Kier molecular flexibility index (Phi) is 5.32. The van der Waals surface area contributed by atoms with Crippen molar-refractivity contribution < 1.29 is 0 Å². The molecule has 0 aliphatic carbocycles. The normalized spacial score (nSPS) is 12.4. The number of thioether (sulfide) groups is 1. The molecule has 2 rings (SSSR count). The maximum Gasteiger partial charge on any atom is 0.0406 e. The molecule has 0 aliphatic heterocycles. The summed E-state index contributed by atoms with van der Waals surface area (Å²) in [6.45, 7) is 2.12. The maximum absolute atomic E-state index is 6.15.